The molecule has 0 unspecified atom stereocenters. The largest absolute Gasteiger partial charge is 0.349 e. The van der Waals surface area contributed by atoms with E-state index in [9.17, 15) is 18.8 Å². The molecule has 1 saturated heterocycles. The molecule has 0 saturated carbocycles. The molecule has 1 heterocycles. The van der Waals surface area contributed by atoms with E-state index < -0.39 is 5.82 Å². The summed E-state index contributed by atoms with van der Waals surface area (Å²) in [4.78, 5) is 38.4. The van der Waals surface area contributed by atoms with Gasteiger partial charge in [0.25, 0.3) is 11.8 Å². The van der Waals surface area contributed by atoms with E-state index >= 15 is 0 Å². The van der Waals surface area contributed by atoms with Crippen molar-refractivity contribution < 1.29 is 18.8 Å². The standard InChI is InChI=1S/C24H29FN4O3/c1-16(2)27-24(32)26-15-17-7-9-18(10-8-17)22(30)28-19-11-13-29(14-12-19)23(31)20-5-3-4-6-21(20)25/h3-10,16,19H,11-15H2,1-2H3,(H,28,30)(H2,26,27,32). The first-order chi connectivity index (χ1) is 15.3. The monoisotopic (exact) mass is 440 g/mol. The lowest BCUT2D eigenvalue weighted by Crippen LogP contribution is -2.46. The molecule has 1 fully saturated rings. The van der Waals surface area contributed by atoms with Crippen LogP contribution in [0.25, 0.3) is 0 Å². The van der Waals surface area contributed by atoms with Crippen molar-refractivity contribution in [1.29, 1.82) is 0 Å². The lowest BCUT2D eigenvalue weighted by molar-refractivity contribution is 0.0693. The predicted octanol–water partition coefficient (Wildman–Crippen LogP) is 3.07. The van der Waals surface area contributed by atoms with Crippen molar-refractivity contribution in [2.45, 2.75) is 45.3 Å². The molecule has 3 N–H and O–H groups in total. The highest BCUT2D eigenvalue weighted by Crippen LogP contribution is 2.16. The topological polar surface area (TPSA) is 90.5 Å². The second kappa shape index (κ2) is 10.7. The maximum absolute atomic E-state index is 13.9. The Bertz CT molecular complexity index is 954. The van der Waals surface area contributed by atoms with Gasteiger partial charge in [-0.3, -0.25) is 9.59 Å². The molecular formula is C24H29FN4O3. The summed E-state index contributed by atoms with van der Waals surface area (Å²) in [6.45, 7) is 5.06. The highest BCUT2D eigenvalue weighted by molar-refractivity contribution is 5.95. The zero-order valence-electron chi connectivity index (χ0n) is 18.4. The van der Waals surface area contributed by atoms with Crippen LogP contribution in [0.3, 0.4) is 0 Å². The van der Waals surface area contributed by atoms with Gasteiger partial charge in [0.15, 0.2) is 0 Å². The summed E-state index contributed by atoms with van der Waals surface area (Å²) in [5.74, 6) is -1.02. The van der Waals surface area contributed by atoms with Gasteiger partial charge in [-0.25, -0.2) is 9.18 Å². The summed E-state index contributed by atoms with van der Waals surface area (Å²) in [6.07, 6.45) is 1.22. The number of hydrogen-bond donors (Lipinski definition) is 3. The second-order valence-corrected chi connectivity index (χ2v) is 8.20. The molecule has 1 aliphatic heterocycles. The predicted molar refractivity (Wildman–Crippen MR) is 120 cm³/mol. The highest BCUT2D eigenvalue weighted by atomic mass is 19.1. The average molecular weight is 441 g/mol. The van der Waals surface area contributed by atoms with Crippen molar-refractivity contribution in [1.82, 2.24) is 20.9 Å². The molecule has 0 atom stereocenters. The van der Waals surface area contributed by atoms with Crippen molar-refractivity contribution in [2.75, 3.05) is 13.1 Å². The number of urea groups is 1. The number of piperidine rings is 1. The SMILES string of the molecule is CC(C)NC(=O)NCc1ccc(C(=O)NC2CCN(C(=O)c3ccccc3F)CC2)cc1. The van der Waals surface area contributed by atoms with Crippen LogP contribution in [0.5, 0.6) is 0 Å². The molecule has 0 spiro atoms. The van der Waals surface area contributed by atoms with Crippen molar-refractivity contribution in [3.8, 4) is 0 Å². The van der Waals surface area contributed by atoms with Gasteiger partial charge in [0.2, 0.25) is 0 Å². The summed E-state index contributed by atoms with van der Waals surface area (Å²) in [5, 5.41) is 8.53. The lowest BCUT2D eigenvalue weighted by Gasteiger charge is -2.32. The molecule has 1 aliphatic rings. The lowest BCUT2D eigenvalue weighted by atomic mass is 10.0. The van der Waals surface area contributed by atoms with E-state index in [1.165, 1.54) is 12.1 Å². The van der Waals surface area contributed by atoms with Crippen LogP contribution in [0.2, 0.25) is 0 Å². The van der Waals surface area contributed by atoms with Crippen LogP contribution >= 0.6 is 0 Å². The fourth-order valence-corrected chi connectivity index (χ4v) is 3.57. The first-order valence-electron chi connectivity index (χ1n) is 10.8. The molecule has 4 amide bonds. The average Bonchev–Trinajstić information content (AvgIpc) is 2.78. The number of hydrogen-bond acceptors (Lipinski definition) is 3. The van der Waals surface area contributed by atoms with Crippen LogP contribution in [0.1, 0.15) is 53.0 Å². The zero-order chi connectivity index (χ0) is 23.1. The number of likely N-dealkylation sites (tertiary alicyclic amines) is 1. The van der Waals surface area contributed by atoms with E-state index in [-0.39, 0.29) is 35.5 Å². The fraction of sp³-hybridized carbons (Fsp3) is 0.375. The van der Waals surface area contributed by atoms with Gasteiger partial charge in [-0.1, -0.05) is 24.3 Å². The molecule has 0 aliphatic carbocycles. The minimum absolute atomic E-state index is 0.0479. The third kappa shape index (κ3) is 6.29. The zero-order valence-corrected chi connectivity index (χ0v) is 18.4. The number of benzene rings is 2. The molecular weight excluding hydrogens is 411 g/mol. The van der Waals surface area contributed by atoms with Crippen molar-refractivity contribution in [3.63, 3.8) is 0 Å². The van der Waals surface area contributed by atoms with Crippen molar-refractivity contribution >= 4 is 17.8 Å². The van der Waals surface area contributed by atoms with Gasteiger partial charge in [-0.2, -0.15) is 0 Å². The van der Waals surface area contributed by atoms with Crippen LogP contribution in [0, 0.1) is 5.82 Å². The molecule has 0 bridgehead atoms. The van der Waals surface area contributed by atoms with E-state index in [0.717, 1.165) is 5.56 Å². The van der Waals surface area contributed by atoms with Gasteiger partial charge < -0.3 is 20.9 Å². The van der Waals surface area contributed by atoms with E-state index in [1.807, 2.05) is 13.8 Å². The molecule has 2 aromatic rings. The van der Waals surface area contributed by atoms with Crippen molar-refractivity contribution in [3.05, 3.63) is 71.0 Å². The van der Waals surface area contributed by atoms with Crippen LogP contribution < -0.4 is 16.0 Å². The van der Waals surface area contributed by atoms with Gasteiger partial charge in [-0.05, 0) is 56.5 Å². The van der Waals surface area contributed by atoms with Crippen LogP contribution in [-0.4, -0.2) is 47.9 Å². The Morgan fingerprint density at radius 2 is 1.69 bits per heavy atom. The second-order valence-electron chi connectivity index (χ2n) is 8.20. The van der Waals surface area contributed by atoms with E-state index in [4.69, 9.17) is 0 Å². The Morgan fingerprint density at radius 3 is 2.31 bits per heavy atom. The number of rotatable bonds is 6. The Hall–Kier alpha value is -3.42. The maximum atomic E-state index is 13.9. The van der Waals surface area contributed by atoms with Gasteiger partial charge in [0, 0.05) is 37.3 Å². The summed E-state index contributed by atoms with van der Waals surface area (Å²) in [7, 11) is 0. The van der Waals surface area contributed by atoms with Crippen LogP contribution in [-0.2, 0) is 6.54 Å². The van der Waals surface area contributed by atoms with Crippen molar-refractivity contribution in [2.24, 2.45) is 0 Å². The molecule has 0 aromatic heterocycles. The first kappa shape index (κ1) is 23.2. The number of halogens is 1. The highest BCUT2D eigenvalue weighted by Gasteiger charge is 2.26. The quantitative estimate of drug-likeness (QED) is 0.645. The Kier molecular flexibility index (Phi) is 7.81. The van der Waals surface area contributed by atoms with Crippen LogP contribution in [0.4, 0.5) is 9.18 Å². The molecule has 2 aromatic carbocycles. The van der Waals surface area contributed by atoms with Gasteiger partial charge in [0.05, 0.1) is 5.56 Å². The minimum Gasteiger partial charge on any atom is -0.349 e. The third-order valence-electron chi connectivity index (χ3n) is 5.31. The minimum atomic E-state index is -0.521. The van der Waals surface area contributed by atoms with Gasteiger partial charge >= 0.3 is 6.03 Å². The maximum Gasteiger partial charge on any atom is 0.315 e. The summed E-state index contributed by atoms with van der Waals surface area (Å²) in [6, 6.07) is 12.8. The normalized spacial score (nSPS) is 14.2. The Balaban J connectivity index is 1.46. The first-order valence-corrected chi connectivity index (χ1v) is 10.8. The summed E-state index contributed by atoms with van der Waals surface area (Å²) in [5.41, 5.74) is 1.50. The third-order valence-corrected chi connectivity index (χ3v) is 5.31. The summed E-state index contributed by atoms with van der Waals surface area (Å²) >= 11 is 0. The number of nitrogens with one attached hydrogen (secondary N) is 3. The Morgan fingerprint density at radius 1 is 1.03 bits per heavy atom. The van der Waals surface area contributed by atoms with Gasteiger partial charge in [-0.15, -0.1) is 0 Å². The summed E-state index contributed by atoms with van der Waals surface area (Å²) < 4.78 is 13.9. The molecule has 7 nitrogen and oxygen atoms in total. The molecule has 0 radical (unpaired) electrons. The fourth-order valence-electron chi connectivity index (χ4n) is 3.57. The van der Waals surface area contributed by atoms with E-state index in [0.29, 0.717) is 38.0 Å². The number of amides is 4. The Labute approximate surface area is 187 Å². The molecule has 32 heavy (non-hydrogen) atoms. The number of nitrogens with zero attached hydrogens (tertiary/aromatic N) is 1. The number of carbonyl (C=O) groups is 3. The smallest absolute Gasteiger partial charge is 0.315 e. The molecule has 170 valence electrons. The van der Waals surface area contributed by atoms with E-state index in [1.54, 1.807) is 41.3 Å². The van der Waals surface area contributed by atoms with Crippen LogP contribution in [0.15, 0.2) is 48.5 Å². The van der Waals surface area contributed by atoms with Gasteiger partial charge in [0.1, 0.15) is 5.82 Å². The molecule has 8 heteroatoms. The van der Waals surface area contributed by atoms with E-state index in [2.05, 4.69) is 16.0 Å². The molecule has 3 rings (SSSR count). The number of carbonyl (C=O) groups excluding carboxylic acids is 3.